The van der Waals surface area contributed by atoms with Gasteiger partial charge in [-0.25, -0.2) is 4.98 Å². The maximum Gasteiger partial charge on any atom is 0.143 e. The highest BCUT2D eigenvalue weighted by atomic mass is 32.1. The Morgan fingerprint density at radius 1 is 1.27 bits per heavy atom. The highest BCUT2D eigenvalue weighted by molar-refractivity contribution is 7.13. The van der Waals surface area contributed by atoms with Gasteiger partial charge < -0.3 is 0 Å². The Morgan fingerprint density at radius 2 is 2.27 bits per heavy atom. The van der Waals surface area contributed by atoms with Gasteiger partial charge in [0.1, 0.15) is 10.7 Å². The van der Waals surface area contributed by atoms with E-state index in [0.717, 1.165) is 10.7 Å². The fourth-order valence-electron chi connectivity index (χ4n) is 0.705. The maximum absolute atomic E-state index is 4.07. The summed E-state index contributed by atoms with van der Waals surface area (Å²) in [5.41, 5.74) is 0.773. The quantitative estimate of drug-likeness (QED) is 0.630. The maximum atomic E-state index is 4.07. The highest BCUT2D eigenvalue weighted by Crippen LogP contribution is 2.16. The molecule has 0 saturated heterocycles. The van der Waals surface area contributed by atoms with Gasteiger partial charge in [-0.05, 0) is 11.3 Å². The molecule has 2 aromatic heterocycles. The molecule has 0 spiro atoms. The van der Waals surface area contributed by atoms with E-state index in [9.17, 15) is 0 Å². The summed E-state index contributed by atoms with van der Waals surface area (Å²) in [6, 6.07) is 1.78. The first-order valence-corrected chi connectivity index (χ1v) is 3.89. The van der Waals surface area contributed by atoms with Crippen LogP contribution in [0.1, 0.15) is 0 Å². The van der Waals surface area contributed by atoms with Crippen LogP contribution in [0.5, 0.6) is 0 Å². The van der Waals surface area contributed by atoms with Gasteiger partial charge in [0.25, 0.3) is 0 Å². The Hall–Kier alpha value is -1.36. The molecule has 0 aliphatic carbocycles. The molecule has 0 aromatic carbocycles. The van der Waals surface area contributed by atoms with E-state index in [2.05, 4.69) is 20.4 Å². The van der Waals surface area contributed by atoms with Gasteiger partial charge in [0.05, 0.1) is 6.20 Å². The minimum Gasteiger partial charge on any atom is -0.243 e. The first-order chi connectivity index (χ1) is 5.47. The normalized spacial score (nSPS) is 9.82. The van der Waals surface area contributed by atoms with Crippen LogP contribution in [0, 0.1) is 0 Å². The second-order valence-corrected chi connectivity index (χ2v) is 2.74. The van der Waals surface area contributed by atoms with Crippen LogP contribution in [0.3, 0.4) is 0 Å². The van der Waals surface area contributed by atoms with E-state index in [4.69, 9.17) is 0 Å². The molecular weight excluding hydrogens is 160 g/mol. The van der Waals surface area contributed by atoms with Crippen molar-refractivity contribution in [1.82, 2.24) is 20.4 Å². The van der Waals surface area contributed by atoms with Crippen molar-refractivity contribution < 1.29 is 0 Å². The zero-order valence-corrected chi connectivity index (χ0v) is 6.32. The van der Waals surface area contributed by atoms with Gasteiger partial charge >= 0.3 is 0 Å². The van der Waals surface area contributed by atoms with E-state index in [1.54, 1.807) is 18.5 Å². The predicted molar refractivity (Wildman–Crippen MR) is 40.9 cm³/mol. The third-order valence-corrected chi connectivity index (χ3v) is 1.95. The summed E-state index contributed by atoms with van der Waals surface area (Å²) in [5.74, 6) is 0. The molecule has 0 unspecified atom stereocenters. The first-order valence-electron chi connectivity index (χ1n) is 3.01. The second-order valence-electron chi connectivity index (χ2n) is 1.84. The van der Waals surface area contributed by atoms with Crippen LogP contribution in [0.4, 0.5) is 0 Å². The fraction of sp³-hybridized carbons (Fsp3) is 0. The zero-order chi connectivity index (χ0) is 7.52. The van der Waals surface area contributed by atoms with E-state index in [0.29, 0.717) is 0 Å². The highest BCUT2D eigenvalue weighted by Gasteiger charge is 1.99. The topological polar surface area (TPSA) is 51.6 Å². The number of aromatic nitrogens is 4. The second kappa shape index (κ2) is 2.71. The Kier molecular flexibility index (Phi) is 1.57. The van der Waals surface area contributed by atoms with E-state index in [1.807, 2.05) is 5.38 Å². The molecule has 5 heteroatoms. The minimum atomic E-state index is 0.773. The van der Waals surface area contributed by atoms with E-state index < -0.39 is 0 Å². The Morgan fingerprint density at radius 3 is 2.91 bits per heavy atom. The molecule has 2 rings (SSSR count). The molecule has 0 radical (unpaired) electrons. The predicted octanol–water partition coefficient (Wildman–Crippen LogP) is 0.995. The molecule has 0 fully saturated rings. The molecular formula is C6H4N4S. The lowest BCUT2D eigenvalue weighted by Gasteiger charge is -1.88. The summed E-state index contributed by atoms with van der Waals surface area (Å²) in [5, 5.41) is 13.7. The summed E-state index contributed by atoms with van der Waals surface area (Å²) in [7, 11) is 0. The van der Waals surface area contributed by atoms with Crippen LogP contribution in [0.25, 0.3) is 10.7 Å². The third-order valence-electron chi connectivity index (χ3n) is 1.15. The molecule has 0 aliphatic heterocycles. The van der Waals surface area contributed by atoms with Gasteiger partial charge in [-0.2, -0.15) is 0 Å². The summed E-state index contributed by atoms with van der Waals surface area (Å²) < 4.78 is 0. The number of hydrogen-bond donors (Lipinski definition) is 0. The van der Waals surface area contributed by atoms with Crippen molar-refractivity contribution in [3.8, 4) is 10.7 Å². The minimum absolute atomic E-state index is 0.773. The van der Waals surface area contributed by atoms with Crippen LogP contribution in [0.15, 0.2) is 23.8 Å². The van der Waals surface area contributed by atoms with Crippen LogP contribution in [-0.2, 0) is 0 Å². The fourth-order valence-corrected chi connectivity index (χ4v) is 1.31. The molecule has 0 aliphatic rings. The third kappa shape index (κ3) is 1.22. The van der Waals surface area contributed by atoms with Crippen molar-refractivity contribution >= 4 is 11.3 Å². The standard InChI is InChI=1S/C6H4N4S/c1-2-8-10-9-5(1)6-7-3-4-11-6/h1-4H. The van der Waals surface area contributed by atoms with Crippen molar-refractivity contribution in [1.29, 1.82) is 0 Å². The van der Waals surface area contributed by atoms with Crippen molar-refractivity contribution in [2.75, 3.05) is 0 Å². The lowest BCUT2D eigenvalue weighted by atomic mass is 10.4. The van der Waals surface area contributed by atoms with Gasteiger partial charge in [-0.3, -0.25) is 0 Å². The summed E-state index contributed by atoms with van der Waals surface area (Å²) >= 11 is 1.53. The van der Waals surface area contributed by atoms with Gasteiger partial charge in [0.15, 0.2) is 0 Å². The van der Waals surface area contributed by atoms with Crippen molar-refractivity contribution in [3.05, 3.63) is 23.8 Å². The SMILES string of the molecule is c1cc(-c2nccs2)nnn1. The van der Waals surface area contributed by atoms with Gasteiger partial charge in [0.2, 0.25) is 0 Å². The molecule has 4 nitrogen and oxygen atoms in total. The van der Waals surface area contributed by atoms with Crippen LogP contribution in [-0.4, -0.2) is 20.4 Å². The lowest BCUT2D eigenvalue weighted by molar-refractivity contribution is 0.870. The molecule has 0 bridgehead atoms. The van der Waals surface area contributed by atoms with Crippen molar-refractivity contribution in [2.24, 2.45) is 0 Å². The molecule has 2 aromatic rings. The molecule has 11 heavy (non-hydrogen) atoms. The van der Waals surface area contributed by atoms with Crippen molar-refractivity contribution in [3.63, 3.8) is 0 Å². The van der Waals surface area contributed by atoms with E-state index in [1.165, 1.54) is 11.3 Å². The van der Waals surface area contributed by atoms with Crippen LogP contribution in [0.2, 0.25) is 0 Å². The van der Waals surface area contributed by atoms with Gasteiger partial charge in [-0.1, -0.05) is 0 Å². The lowest BCUT2D eigenvalue weighted by Crippen LogP contribution is -1.87. The average Bonchev–Trinajstić information content (AvgIpc) is 2.58. The molecule has 0 N–H and O–H groups in total. The Labute approximate surface area is 66.9 Å². The number of rotatable bonds is 1. The number of thiazole rings is 1. The molecule has 2 heterocycles. The molecule has 54 valence electrons. The van der Waals surface area contributed by atoms with Gasteiger partial charge in [-0.15, -0.1) is 21.5 Å². The largest absolute Gasteiger partial charge is 0.243 e. The van der Waals surface area contributed by atoms with Crippen LogP contribution < -0.4 is 0 Å². The molecule has 0 atom stereocenters. The summed E-state index contributed by atoms with van der Waals surface area (Å²) in [4.78, 5) is 4.07. The summed E-state index contributed by atoms with van der Waals surface area (Å²) in [6.07, 6.45) is 3.34. The van der Waals surface area contributed by atoms with Crippen LogP contribution >= 0.6 is 11.3 Å². The Bertz CT molecular complexity index is 318. The first kappa shape index (κ1) is 6.36. The average molecular weight is 164 g/mol. The van der Waals surface area contributed by atoms with E-state index >= 15 is 0 Å². The molecule has 0 saturated carbocycles. The number of nitrogens with zero attached hydrogens (tertiary/aromatic N) is 4. The summed E-state index contributed by atoms with van der Waals surface area (Å²) in [6.45, 7) is 0. The zero-order valence-electron chi connectivity index (χ0n) is 5.51. The smallest absolute Gasteiger partial charge is 0.143 e. The van der Waals surface area contributed by atoms with E-state index in [-0.39, 0.29) is 0 Å². The van der Waals surface area contributed by atoms with Gasteiger partial charge in [0, 0.05) is 11.6 Å². The number of hydrogen-bond acceptors (Lipinski definition) is 5. The Balaban J connectivity index is 2.46. The molecule has 0 amide bonds. The van der Waals surface area contributed by atoms with Crippen molar-refractivity contribution in [2.45, 2.75) is 0 Å². The monoisotopic (exact) mass is 164 g/mol.